The highest BCUT2D eigenvalue weighted by Crippen LogP contribution is 2.33. The van der Waals surface area contributed by atoms with Gasteiger partial charge in [0, 0.05) is 29.7 Å². The summed E-state index contributed by atoms with van der Waals surface area (Å²) < 4.78 is 12.5. The first-order valence-electron chi connectivity index (χ1n) is 8.38. The molecule has 132 valence electrons. The molecule has 3 heterocycles. The van der Waals surface area contributed by atoms with E-state index in [1.165, 1.54) is 0 Å². The molecule has 0 bridgehead atoms. The molecule has 0 spiro atoms. The van der Waals surface area contributed by atoms with Crippen molar-refractivity contribution >= 4 is 17.4 Å². The summed E-state index contributed by atoms with van der Waals surface area (Å²) in [5.41, 5.74) is 2.71. The van der Waals surface area contributed by atoms with Crippen LogP contribution < -0.4 is 14.8 Å². The van der Waals surface area contributed by atoms with E-state index in [4.69, 9.17) is 9.47 Å². The number of fused-ring (bicyclic) bond motifs is 2. The van der Waals surface area contributed by atoms with Crippen LogP contribution in [-0.4, -0.2) is 27.1 Å². The van der Waals surface area contributed by atoms with Gasteiger partial charge in [-0.3, -0.25) is 9.20 Å². The molecule has 1 N–H and O–H groups in total. The molecule has 4 aromatic rings. The minimum absolute atomic E-state index is 0.172. The molecule has 2 aromatic heterocycles. The number of nitrogens with one attached hydrogen (secondary N) is 1. The fourth-order valence-electron chi connectivity index (χ4n) is 3.01. The van der Waals surface area contributed by atoms with E-state index in [1.54, 1.807) is 24.4 Å². The van der Waals surface area contributed by atoms with Gasteiger partial charge in [-0.05, 0) is 30.3 Å². The molecule has 0 radical (unpaired) electrons. The molecule has 5 rings (SSSR count). The topological polar surface area (TPSA) is 77.8 Å². The summed E-state index contributed by atoms with van der Waals surface area (Å²) in [5.74, 6) is 1.58. The zero-order valence-electron chi connectivity index (χ0n) is 14.1. The van der Waals surface area contributed by atoms with Crippen LogP contribution in [0.4, 0.5) is 5.69 Å². The third-order valence-corrected chi connectivity index (χ3v) is 4.32. The predicted octanol–water partition coefficient (Wildman–Crippen LogP) is 3.38. The average Bonchev–Trinajstić information content (AvgIpc) is 3.34. The zero-order valence-corrected chi connectivity index (χ0v) is 14.1. The number of rotatable bonds is 3. The number of carbonyl (C=O) groups is 1. The van der Waals surface area contributed by atoms with Gasteiger partial charge in [-0.25, -0.2) is 9.97 Å². The molecule has 1 aliphatic heterocycles. The predicted molar refractivity (Wildman–Crippen MR) is 98.9 cm³/mol. The lowest BCUT2D eigenvalue weighted by Gasteiger charge is -2.10. The molecule has 7 nitrogen and oxygen atoms in total. The van der Waals surface area contributed by atoms with Gasteiger partial charge in [0.25, 0.3) is 5.91 Å². The second-order valence-corrected chi connectivity index (χ2v) is 6.02. The molecule has 0 saturated carbocycles. The van der Waals surface area contributed by atoms with Gasteiger partial charge in [0.15, 0.2) is 11.5 Å². The van der Waals surface area contributed by atoms with Gasteiger partial charge in [0.2, 0.25) is 12.6 Å². The second-order valence-electron chi connectivity index (χ2n) is 6.02. The maximum absolute atomic E-state index is 12.7. The molecule has 0 fully saturated rings. The van der Waals surface area contributed by atoms with Crippen molar-refractivity contribution in [3.05, 3.63) is 72.7 Å². The van der Waals surface area contributed by atoms with Gasteiger partial charge in [-0.1, -0.05) is 18.2 Å². The van der Waals surface area contributed by atoms with E-state index in [-0.39, 0.29) is 12.7 Å². The average molecular weight is 358 g/mol. The quantitative estimate of drug-likeness (QED) is 0.607. The van der Waals surface area contributed by atoms with Crippen LogP contribution in [0.25, 0.3) is 17.0 Å². The third kappa shape index (κ3) is 2.75. The van der Waals surface area contributed by atoms with E-state index in [0.29, 0.717) is 28.5 Å². The van der Waals surface area contributed by atoms with Crippen LogP contribution in [0.15, 0.2) is 67.1 Å². The number of carbonyl (C=O) groups excluding carboxylic acids is 1. The SMILES string of the molecule is O=C(Nc1ccccc1-c1cn2cccnc2n1)c1ccc2c(c1)OCO2. The largest absolute Gasteiger partial charge is 0.454 e. The maximum atomic E-state index is 12.7. The van der Waals surface area contributed by atoms with Crippen molar-refractivity contribution in [2.24, 2.45) is 0 Å². The minimum atomic E-state index is -0.234. The summed E-state index contributed by atoms with van der Waals surface area (Å²) in [6.45, 7) is 0.172. The number of benzene rings is 2. The van der Waals surface area contributed by atoms with Crippen molar-refractivity contribution in [2.75, 3.05) is 12.1 Å². The summed E-state index contributed by atoms with van der Waals surface area (Å²) in [5, 5.41) is 2.96. The van der Waals surface area contributed by atoms with Gasteiger partial charge < -0.3 is 14.8 Å². The molecule has 27 heavy (non-hydrogen) atoms. The zero-order chi connectivity index (χ0) is 18.2. The van der Waals surface area contributed by atoms with Crippen molar-refractivity contribution in [3.8, 4) is 22.8 Å². The molecule has 0 aliphatic carbocycles. The van der Waals surface area contributed by atoms with Crippen LogP contribution in [-0.2, 0) is 0 Å². The number of hydrogen-bond acceptors (Lipinski definition) is 5. The number of aromatic nitrogens is 3. The van der Waals surface area contributed by atoms with Crippen molar-refractivity contribution < 1.29 is 14.3 Å². The van der Waals surface area contributed by atoms with E-state index in [1.807, 2.05) is 47.1 Å². The Bertz CT molecular complexity index is 1140. The van der Waals surface area contributed by atoms with Crippen LogP contribution in [0.2, 0.25) is 0 Å². The third-order valence-electron chi connectivity index (χ3n) is 4.32. The first-order chi connectivity index (χ1) is 13.3. The van der Waals surface area contributed by atoms with Gasteiger partial charge in [0.1, 0.15) is 0 Å². The fourth-order valence-corrected chi connectivity index (χ4v) is 3.01. The molecule has 0 unspecified atom stereocenters. The number of ether oxygens (including phenoxy) is 2. The molecular formula is C20H14N4O3. The Morgan fingerprint density at radius 2 is 1.96 bits per heavy atom. The lowest BCUT2D eigenvalue weighted by molar-refractivity contribution is 0.102. The number of amides is 1. The van der Waals surface area contributed by atoms with E-state index in [0.717, 1.165) is 11.3 Å². The van der Waals surface area contributed by atoms with E-state index in [2.05, 4.69) is 15.3 Å². The van der Waals surface area contributed by atoms with Gasteiger partial charge >= 0.3 is 0 Å². The molecular weight excluding hydrogens is 344 g/mol. The summed E-state index contributed by atoms with van der Waals surface area (Å²) >= 11 is 0. The van der Waals surface area contributed by atoms with Crippen LogP contribution in [0.5, 0.6) is 11.5 Å². The summed E-state index contributed by atoms with van der Waals surface area (Å²) in [4.78, 5) is 21.5. The Labute approximate surface area is 154 Å². The molecule has 1 aliphatic rings. The number of anilines is 1. The highest BCUT2D eigenvalue weighted by Gasteiger charge is 2.17. The van der Waals surface area contributed by atoms with E-state index >= 15 is 0 Å². The normalized spacial score (nSPS) is 12.3. The Hall–Kier alpha value is -3.87. The van der Waals surface area contributed by atoms with Crippen molar-refractivity contribution in [2.45, 2.75) is 0 Å². The Balaban J connectivity index is 1.48. The number of para-hydroxylation sites is 1. The molecule has 2 aromatic carbocycles. The summed E-state index contributed by atoms with van der Waals surface area (Å²) in [7, 11) is 0. The van der Waals surface area contributed by atoms with Gasteiger partial charge in [0.05, 0.1) is 11.4 Å². The first-order valence-corrected chi connectivity index (χ1v) is 8.38. The van der Waals surface area contributed by atoms with Crippen molar-refractivity contribution in [1.82, 2.24) is 14.4 Å². The Morgan fingerprint density at radius 3 is 2.89 bits per heavy atom. The van der Waals surface area contributed by atoms with E-state index < -0.39 is 0 Å². The summed E-state index contributed by atoms with van der Waals surface area (Å²) in [6.07, 6.45) is 5.46. The minimum Gasteiger partial charge on any atom is -0.454 e. The molecule has 0 saturated heterocycles. The second kappa shape index (κ2) is 6.14. The van der Waals surface area contributed by atoms with Gasteiger partial charge in [-0.15, -0.1) is 0 Å². The van der Waals surface area contributed by atoms with E-state index in [9.17, 15) is 4.79 Å². The molecule has 7 heteroatoms. The molecule has 0 atom stereocenters. The Morgan fingerprint density at radius 1 is 1.07 bits per heavy atom. The number of imidazole rings is 1. The monoisotopic (exact) mass is 358 g/mol. The van der Waals surface area contributed by atoms with Crippen molar-refractivity contribution in [1.29, 1.82) is 0 Å². The smallest absolute Gasteiger partial charge is 0.255 e. The first kappa shape index (κ1) is 15.4. The lowest BCUT2D eigenvalue weighted by atomic mass is 10.1. The lowest BCUT2D eigenvalue weighted by Crippen LogP contribution is -2.12. The number of hydrogen-bond donors (Lipinski definition) is 1. The van der Waals surface area contributed by atoms with Crippen molar-refractivity contribution in [3.63, 3.8) is 0 Å². The molecule has 1 amide bonds. The van der Waals surface area contributed by atoms with Crippen LogP contribution in [0, 0.1) is 0 Å². The highest BCUT2D eigenvalue weighted by molar-refractivity contribution is 6.06. The highest BCUT2D eigenvalue weighted by atomic mass is 16.7. The fraction of sp³-hybridized carbons (Fsp3) is 0.0500. The Kier molecular flexibility index (Phi) is 3.50. The maximum Gasteiger partial charge on any atom is 0.255 e. The van der Waals surface area contributed by atoms with Crippen LogP contribution in [0.1, 0.15) is 10.4 Å². The standard InChI is InChI=1S/C20H14N4O3/c25-19(13-6-7-17-18(10-13)27-12-26-17)22-15-5-2-1-4-14(15)16-11-24-9-3-8-21-20(24)23-16/h1-11H,12H2,(H,22,25). The van der Waals surface area contributed by atoms with Crippen LogP contribution >= 0.6 is 0 Å². The van der Waals surface area contributed by atoms with Gasteiger partial charge in [-0.2, -0.15) is 0 Å². The number of nitrogens with zero attached hydrogens (tertiary/aromatic N) is 3. The van der Waals surface area contributed by atoms with Crippen LogP contribution in [0.3, 0.4) is 0 Å². The summed E-state index contributed by atoms with van der Waals surface area (Å²) in [6, 6.07) is 14.5.